The molecular weight excluding hydrogens is 269 g/mol. The van der Waals surface area contributed by atoms with Crippen LogP contribution in [0.25, 0.3) is 0 Å². The van der Waals surface area contributed by atoms with Crippen molar-refractivity contribution in [1.29, 1.82) is 0 Å². The Morgan fingerprint density at radius 2 is 1.94 bits per heavy atom. The zero-order valence-corrected chi connectivity index (χ0v) is 12.2. The number of unbranched alkanes of at least 4 members (excludes halogenated alkanes) is 3. The van der Waals surface area contributed by atoms with E-state index in [9.17, 15) is 4.79 Å². The minimum absolute atomic E-state index is 0.0488. The fraction of sp³-hybridized carbons (Fsp3) is 0.500. The van der Waals surface area contributed by atoms with Crippen molar-refractivity contribution in [1.82, 2.24) is 5.32 Å². The summed E-state index contributed by atoms with van der Waals surface area (Å²) in [4.78, 5) is 11.9. The molecular formula is C14H19Cl2NO. The molecule has 2 nitrogen and oxygen atoms in total. The molecule has 0 radical (unpaired) electrons. The van der Waals surface area contributed by atoms with E-state index in [2.05, 4.69) is 5.32 Å². The maximum atomic E-state index is 11.9. The second kappa shape index (κ2) is 8.39. The molecule has 1 N–H and O–H groups in total. The number of rotatable bonds is 7. The minimum atomic E-state index is -0.0488. The third-order valence-corrected chi connectivity index (χ3v) is 3.29. The van der Waals surface area contributed by atoms with Gasteiger partial charge in [0.15, 0.2) is 0 Å². The van der Waals surface area contributed by atoms with E-state index in [-0.39, 0.29) is 5.91 Å². The van der Waals surface area contributed by atoms with Crippen LogP contribution < -0.4 is 5.32 Å². The van der Waals surface area contributed by atoms with E-state index in [0.29, 0.717) is 23.0 Å². The van der Waals surface area contributed by atoms with Crippen LogP contribution >= 0.6 is 23.2 Å². The van der Waals surface area contributed by atoms with Crippen molar-refractivity contribution in [2.45, 2.75) is 32.6 Å². The molecule has 0 aromatic heterocycles. The third kappa shape index (κ3) is 5.28. The van der Waals surface area contributed by atoms with E-state index in [1.807, 2.05) is 13.0 Å². The first kappa shape index (κ1) is 15.3. The number of carbonyl (C=O) groups excluding carboxylic acids is 1. The van der Waals surface area contributed by atoms with Crippen molar-refractivity contribution < 1.29 is 4.79 Å². The molecule has 0 heterocycles. The van der Waals surface area contributed by atoms with Crippen LogP contribution in [0.1, 0.15) is 41.6 Å². The molecule has 0 saturated carbocycles. The van der Waals surface area contributed by atoms with Crippen molar-refractivity contribution in [2.75, 3.05) is 12.4 Å². The van der Waals surface area contributed by atoms with Gasteiger partial charge in [-0.1, -0.05) is 30.5 Å². The highest BCUT2D eigenvalue weighted by molar-refractivity contribution is 6.31. The lowest BCUT2D eigenvalue weighted by Gasteiger charge is -2.08. The summed E-state index contributed by atoms with van der Waals surface area (Å²) in [5.74, 6) is 0.668. The van der Waals surface area contributed by atoms with E-state index < -0.39 is 0 Å². The molecule has 18 heavy (non-hydrogen) atoms. The van der Waals surface area contributed by atoms with Gasteiger partial charge >= 0.3 is 0 Å². The summed E-state index contributed by atoms with van der Waals surface area (Å²) >= 11 is 11.5. The van der Waals surface area contributed by atoms with E-state index in [4.69, 9.17) is 23.2 Å². The van der Waals surface area contributed by atoms with Crippen LogP contribution in [-0.4, -0.2) is 18.3 Å². The van der Waals surface area contributed by atoms with Crippen LogP contribution in [-0.2, 0) is 0 Å². The molecule has 0 saturated heterocycles. The average molecular weight is 288 g/mol. The standard InChI is InChI=1S/C14H19Cl2NO/c1-11-6-7-12(16)10-13(11)14(18)17-9-5-3-2-4-8-15/h6-7,10H,2-5,8-9H2,1H3,(H,17,18). The lowest BCUT2D eigenvalue weighted by atomic mass is 10.1. The summed E-state index contributed by atoms with van der Waals surface area (Å²) in [6, 6.07) is 5.36. The topological polar surface area (TPSA) is 29.1 Å². The molecule has 0 atom stereocenters. The molecule has 1 aromatic carbocycles. The van der Waals surface area contributed by atoms with Crippen LogP contribution in [0.3, 0.4) is 0 Å². The van der Waals surface area contributed by atoms with Crippen molar-refractivity contribution in [3.63, 3.8) is 0 Å². The lowest BCUT2D eigenvalue weighted by molar-refractivity contribution is 0.0952. The SMILES string of the molecule is Cc1ccc(Cl)cc1C(=O)NCCCCCCCl. The Morgan fingerprint density at radius 1 is 1.22 bits per heavy atom. The highest BCUT2D eigenvalue weighted by Gasteiger charge is 2.08. The van der Waals surface area contributed by atoms with Crippen molar-refractivity contribution in [2.24, 2.45) is 0 Å². The van der Waals surface area contributed by atoms with E-state index in [1.165, 1.54) is 0 Å². The summed E-state index contributed by atoms with van der Waals surface area (Å²) < 4.78 is 0. The zero-order valence-electron chi connectivity index (χ0n) is 10.6. The fourth-order valence-corrected chi connectivity index (χ4v) is 2.07. The number of hydrogen-bond acceptors (Lipinski definition) is 1. The lowest BCUT2D eigenvalue weighted by Crippen LogP contribution is -2.25. The van der Waals surface area contributed by atoms with Crippen LogP contribution in [0.4, 0.5) is 0 Å². The Labute approximate surface area is 119 Å². The summed E-state index contributed by atoms with van der Waals surface area (Å²) in [7, 11) is 0. The molecule has 1 rings (SSSR count). The van der Waals surface area contributed by atoms with Gasteiger partial charge in [-0.25, -0.2) is 0 Å². The Balaban J connectivity index is 2.34. The molecule has 1 amide bonds. The van der Waals surface area contributed by atoms with Gasteiger partial charge in [0.05, 0.1) is 0 Å². The number of halogens is 2. The van der Waals surface area contributed by atoms with Gasteiger partial charge in [-0.05, 0) is 37.5 Å². The first-order valence-electron chi connectivity index (χ1n) is 6.25. The van der Waals surface area contributed by atoms with E-state index in [1.54, 1.807) is 12.1 Å². The van der Waals surface area contributed by atoms with Crippen molar-refractivity contribution in [3.05, 3.63) is 34.3 Å². The Kier molecular flexibility index (Phi) is 7.14. The number of nitrogens with one attached hydrogen (secondary N) is 1. The largest absolute Gasteiger partial charge is 0.352 e. The van der Waals surface area contributed by atoms with Gasteiger partial charge in [-0.2, -0.15) is 0 Å². The fourth-order valence-electron chi connectivity index (χ4n) is 1.71. The average Bonchev–Trinajstić information content (AvgIpc) is 2.36. The quantitative estimate of drug-likeness (QED) is 0.592. The maximum absolute atomic E-state index is 11.9. The molecule has 0 aliphatic carbocycles. The molecule has 0 aliphatic heterocycles. The van der Waals surface area contributed by atoms with Gasteiger partial charge in [0.2, 0.25) is 0 Å². The van der Waals surface area contributed by atoms with Crippen molar-refractivity contribution in [3.8, 4) is 0 Å². The number of carbonyl (C=O) groups is 1. The summed E-state index contributed by atoms with van der Waals surface area (Å²) in [5, 5.41) is 3.50. The smallest absolute Gasteiger partial charge is 0.251 e. The van der Waals surface area contributed by atoms with E-state index >= 15 is 0 Å². The van der Waals surface area contributed by atoms with Gasteiger partial charge in [-0.15, -0.1) is 11.6 Å². The predicted molar refractivity (Wildman–Crippen MR) is 77.7 cm³/mol. The molecule has 0 bridgehead atoms. The molecule has 0 fully saturated rings. The summed E-state index contributed by atoms with van der Waals surface area (Å²) in [6.07, 6.45) is 4.25. The normalized spacial score (nSPS) is 10.4. The second-order valence-electron chi connectivity index (χ2n) is 4.32. The predicted octanol–water partition coefficient (Wildman–Crippen LogP) is 4.18. The van der Waals surface area contributed by atoms with Crippen LogP contribution in [0.2, 0.25) is 5.02 Å². The van der Waals surface area contributed by atoms with Gasteiger partial charge in [0, 0.05) is 23.0 Å². The van der Waals surface area contributed by atoms with Gasteiger partial charge < -0.3 is 5.32 Å². The number of alkyl halides is 1. The molecule has 0 spiro atoms. The highest BCUT2D eigenvalue weighted by atomic mass is 35.5. The Morgan fingerprint density at radius 3 is 2.67 bits per heavy atom. The van der Waals surface area contributed by atoms with Gasteiger partial charge in [-0.3, -0.25) is 4.79 Å². The Hall–Kier alpha value is -0.730. The van der Waals surface area contributed by atoms with Crippen molar-refractivity contribution >= 4 is 29.1 Å². The van der Waals surface area contributed by atoms with Gasteiger partial charge in [0.1, 0.15) is 0 Å². The molecule has 0 unspecified atom stereocenters. The first-order chi connectivity index (χ1) is 8.65. The van der Waals surface area contributed by atoms with Crippen LogP contribution in [0.5, 0.6) is 0 Å². The highest BCUT2D eigenvalue weighted by Crippen LogP contribution is 2.15. The number of benzene rings is 1. The zero-order chi connectivity index (χ0) is 13.4. The van der Waals surface area contributed by atoms with E-state index in [0.717, 1.165) is 31.2 Å². The molecule has 4 heteroatoms. The van der Waals surface area contributed by atoms with Gasteiger partial charge in [0.25, 0.3) is 5.91 Å². The van der Waals surface area contributed by atoms with Crippen LogP contribution in [0.15, 0.2) is 18.2 Å². The third-order valence-electron chi connectivity index (χ3n) is 2.79. The van der Waals surface area contributed by atoms with Crippen LogP contribution in [0, 0.1) is 6.92 Å². The number of hydrogen-bond donors (Lipinski definition) is 1. The first-order valence-corrected chi connectivity index (χ1v) is 7.16. The second-order valence-corrected chi connectivity index (χ2v) is 5.13. The minimum Gasteiger partial charge on any atom is -0.352 e. The number of amides is 1. The Bertz CT molecular complexity index is 393. The number of aryl methyl sites for hydroxylation is 1. The summed E-state index contributed by atoms with van der Waals surface area (Å²) in [6.45, 7) is 2.61. The maximum Gasteiger partial charge on any atom is 0.251 e. The monoisotopic (exact) mass is 287 g/mol. The molecule has 0 aliphatic rings. The molecule has 1 aromatic rings. The summed E-state index contributed by atoms with van der Waals surface area (Å²) in [5.41, 5.74) is 1.60. The molecule has 100 valence electrons.